The zero-order valence-corrected chi connectivity index (χ0v) is 14.0. The quantitative estimate of drug-likeness (QED) is 0.805. The summed E-state index contributed by atoms with van der Waals surface area (Å²) in [6, 6.07) is 3.16. The van der Waals surface area contributed by atoms with E-state index in [-0.39, 0.29) is 17.5 Å². The Morgan fingerprint density at radius 1 is 1.25 bits per heavy atom. The summed E-state index contributed by atoms with van der Waals surface area (Å²) in [4.78, 5) is 28.4. The minimum absolute atomic E-state index is 0.1000. The fraction of sp³-hybridized carbons (Fsp3) is 0.500. The minimum atomic E-state index is -0.253. The maximum Gasteiger partial charge on any atom is 0.268 e. The Labute approximate surface area is 140 Å². The molecule has 3 rings (SSSR count). The SMILES string of the molecule is CC[C@@H](C(=O)N1CCN(c2cnn(C)c(=O)c2)CC1)n1cccn1. The van der Waals surface area contributed by atoms with Gasteiger partial charge >= 0.3 is 0 Å². The van der Waals surface area contributed by atoms with Crippen molar-refractivity contribution >= 4 is 11.6 Å². The first kappa shape index (κ1) is 16.2. The lowest BCUT2D eigenvalue weighted by Crippen LogP contribution is -2.51. The number of carbonyl (C=O) groups is 1. The topological polar surface area (TPSA) is 76.3 Å². The van der Waals surface area contributed by atoms with Gasteiger partial charge < -0.3 is 9.80 Å². The third-order valence-electron chi connectivity index (χ3n) is 4.43. The van der Waals surface area contributed by atoms with E-state index in [9.17, 15) is 9.59 Å². The molecule has 24 heavy (non-hydrogen) atoms. The first-order chi connectivity index (χ1) is 11.6. The average Bonchev–Trinajstić information content (AvgIpc) is 3.12. The van der Waals surface area contributed by atoms with Crippen molar-refractivity contribution in [2.45, 2.75) is 19.4 Å². The minimum Gasteiger partial charge on any atom is -0.367 e. The molecule has 1 aliphatic rings. The van der Waals surface area contributed by atoms with Gasteiger partial charge in [0.25, 0.3) is 5.56 Å². The number of amides is 1. The van der Waals surface area contributed by atoms with Crippen molar-refractivity contribution in [2.24, 2.45) is 7.05 Å². The van der Waals surface area contributed by atoms with Crippen LogP contribution in [0.5, 0.6) is 0 Å². The van der Waals surface area contributed by atoms with Crippen molar-refractivity contribution in [2.75, 3.05) is 31.1 Å². The molecule has 0 unspecified atom stereocenters. The summed E-state index contributed by atoms with van der Waals surface area (Å²) < 4.78 is 3.03. The van der Waals surface area contributed by atoms with Gasteiger partial charge in [-0.15, -0.1) is 0 Å². The van der Waals surface area contributed by atoms with Crippen LogP contribution in [-0.2, 0) is 11.8 Å². The molecule has 0 aromatic carbocycles. The molecular weight excluding hydrogens is 308 g/mol. The van der Waals surface area contributed by atoms with Crippen LogP contribution in [0.25, 0.3) is 0 Å². The van der Waals surface area contributed by atoms with Crippen LogP contribution in [0.4, 0.5) is 5.69 Å². The molecule has 8 nitrogen and oxygen atoms in total. The Morgan fingerprint density at radius 3 is 2.58 bits per heavy atom. The van der Waals surface area contributed by atoms with Crippen LogP contribution in [0.15, 0.2) is 35.5 Å². The van der Waals surface area contributed by atoms with E-state index in [4.69, 9.17) is 0 Å². The number of piperazine rings is 1. The highest BCUT2D eigenvalue weighted by atomic mass is 16.2. The van der Waals surface area contributed by atoms with Crippen LogP contribution in [0.1, 0.15) is 19.4 Å². The fourth-order valence-electron chi connectivity index (χ4n) is 2.97. The molecule has 1 saturated heterocycles. The van der Waals surface area contributed by atoms with E-state index in [0.29, 0.717) is 32.6 Å². The third-order valence-corrected chi connectivity index (χ3v) is 4.43. The molecule has 8 heteroatoms. The summed E-state index contributed by atoms with van der Waals surface area (Å²) in [6.45, 7) is 4.63. The largest absolute Gasteiger partial charge is 0.367 e. The Balaban J connectivity index is 1.65. The molecule has 1 atom stereocenters. The van der Waals surface area contributed by atoms with E-state index in [2.05, 4.69) is 15.1 Å². The standard InChI is InChI=1S/C16H22N6O2/c1-3-14(22-6-4-5-17-22)16(24)21-9-7-20(8-10-21)13-11-15(23)19(2)18-12-13/h4-6,11-12,14H,3,7-10H2,1-2H3/t14-/m0/s1. The lowest BCUT2D eigenvalue weighted by Gasteiger charge is -2.37. The smallest absolute Gasteiger partial charge is 0.268 e. The number of rotatable bonds is 4. The predicted molar refractivity (Wildman–Crippen MR) is 89.8 cm³/mol. The van der Waals surface area contributed by atoms with E-state index >= 15 is 0 Å². The van der Waals surface area contributed by atoms with Gasteiger partial charge in [0.1, 0.15) is 6.04 Å². The molecule has 0 N–H and O–H groups in total. The van der Waals surface area contributed by atoms with Gasteiger partial charge in [-0.2, -0.15) is 10.2 Å². The molecule has 128 valence electrons. The van der Waals surface area contributed by atoms with Crippen LogP contribution in [0.3, 0.4) is 0 Å². The van der Waals surface area contributed by atoms with Crippen LogP contribution < -0.4 is 10.5 Å². The lowest BCUT2D eigenvalue weighted by atomic mass is 10.1. The Bertz CT molecular complexity index is 746. The van der Waals surface area contributed by atoms with Gasteiger partial charge in [-0.1, -0.05) is 6.92 Å². The zero-order valence-electron chi connectivity index (χ0n) is 14.0. The summed E-state index contributed by atoms with van der Waals surface area (Å²) in [5.74, 6) is 0.1000. The zero-order chi connectivity index (χ0) is 17.1. The molecule has 0 radical (unpaired) electrons. The second-order valence-electron chi connectivity index (χ2n) is 5.90. The van der Waals surface area contributed by atoms with Gasteiger partial charge in [0.15, 0.2) is 0 Å². The second-order valence-corrected chi connectivity index (χ2v) is 5.90. The van der Waals surface area contributed by atoms with Gasteiger partial charge in [0.2, 0.25) is 5.91 Å². The van der Waals surface area contributed by atoms with Crippen molar-refractivity contribution in [3.63, 3.8) is 0 Å². The third kappa shape index (κ3) is 3.17. The molecular formula is C16H22N6O2. The maximum absolute atomic E-state index is 12.8. The van der Waals surface area contributed by atoms with Gasteiger partial charge in [-0.3, -0.25) is 14.3 Å². The highest BCUT2D eigenvalue weighted by molar-refractivity contribution is 5.80. The number of aromatic nitrogens is 4. The molecule has 2 aromatic heterocycles. The number of hydrogen-bond acceptors (Lipinski definition) is 5. The van der Waals surface area contributed by atoms with Crippen LogP contribution in [-0.4, -0.2) is 56.5 Å². The summed E-state index contributed by atoms with van der Waals surface area (Å²) in [5.41, 5.74) is 0.681. The predicted octanol–water partition coefficient (Wildman–Crippen LogP) is 0.277. The molecule has 0 bridgehead atoms. The monoisotopic (exact) mass is 330 g/mol. The summed E-state index contributed by atoms with van der Waals surface area (Å²) in [5, 5.41) is 8.25. The highest BCUT2D eigenvalue weighted by Gasteiger charge is 2.28. The van der Waals surface area contributed by atoms with E-state index in [1.54, 1.807) is 30.2 Å². The fourth-order valence-corrected chi connectivity index (χ4v) is 2.97. The molecule has 0 aliphatic carbocycles. The van der Waals surface area contributed by atoms with E-state index in [1.165, 1.54) is 4.68 Å². The maximum atomic E-state index is 12.8. The van der Waals surface area contributed by atoms with Crippen molar-refractivity contribution in [3.8, 4) is 0 Å². The summed E-state index contributed by atoms with van der Waals surface area (Å²) in [7, 11) is 1.63. The molecule has 2 aromatic rings. The van der Waals surface area contributed by atoms with Gasteiger partial charge in [-0.25, -0.2) is 4.68 Å². The number of aryl methyl sites for hydroxylation is 1. The van der Waals surface area contributed by atoms with Crippen molar-refractivity contribution in [1.82, 2.24) is 24.5 Å². The van der Waals surface area contributed by atoms with Crippen molar-refractivity contribution < 1.29 is 4.79 Å². The van der Waals surface area contributed by atoms with Crippen molar-refractivity contribution in [1.29, 1.82) is 0 Å². The van der Waals surface area contributed by atoms with Gasteiger partial charge in [0.05, 0.1) is 11.9 Å². The molecule has 0 saturated carbocycles. The molecule has 1 amide bonds. The second kappa shape index (κ2) is 6.86. The van der Waals surface area contributed by atoms with Crippen LogP contribution >= 0.6 is 0 Å². The first-order valence-electron chi connectivity index (χ1n) is 8.16. The molecule has 1 fully saturated rings. The Morgan fingerprint density at radius 2 is 2.00 bits per heavy atom. The van der Waals surface area contributed by atoms with Gasteiger partial charge in [-0.05, 0) is 12.5 Å². The lowest BCUT2D eigenvalue weighted by molar-refractivity contribution is -0.135. The summed E-state index contributed by atoms with van der Waals surface area (Å²) in [6.07, 6.45) is 5.92. The number of nitrogens with zero attached hydrogens (tertiary/aromatic N) is 6. The van der Waals surface area contributed by atoms with Crippen LogP contribution in [0, 0.1) is 0 Å². The molecule has 3 heterocycles. The average molecular weight is 330 g/mol. The van der Waals surface area contributed by atoms with Gasteiger partial charge in [0, 0.05) is 51.7 Å². The molecule has 1 aliphatic heterocycles. The normalized spacial score (nSPS) is 16.2. The van der Waals surface area contributed by atoms with Crippen LogP contribution in [0.2, 0.25) is 0 Å². The Kier molecular flexibility index (Phi) is 4.64. The number of hydrogen-bond donors (Lipinski definition) is 0. The summed E-state index contributed by atoms with van der Waals surface area (Å²) >= 11 is 0. The van der Waals surface area contributed by atoms with Crippen molar-refractivity contribution in [3.05, 3.63) is 41.1 Å². The number of anilines is 1. The molecule has 0 spiro atoms. The Hall–Kier alpha value is -2.64. The van der Waals surface area contributed by atoms with E-state index < -0.39 is 0 Å². The van der Waals surface area contributed by atoms with E-state index in [0.717, 1.165) is 5.69 Å². The first-order valence-corrected chi connectivity index (χ1v) is 8.16. The highest BCUT2D eigenvalue weighted by Crippen LogP contribution is 2.18. The number of carbonyl (C=O) groups excluding carboxylic acids is 1. The van der Waals surface area contributed by atoms with E-state index in [1.807, 2.05) is 24.1 Å².